The second-order valence-electron chi connectivity index (χ2n) is 5.32. The first-order valence-corrected chi connectivity index (χ1v) is 8.86. The Hall–Kier alpha value is -1.59. The highest BCUT2D eigenvalue weighted by Crippen LogP contribution is 2.24. The summed E-state index contributed by atoms with van der Waals surface area (Å²) in [6.07, 6.45) is 0. The van der Waals surface area contributed by atoms with E-state index >= 15 is 0 Å². The van der Waals surface area contributed by atoms with E-state index in [-0.39, 0.29) is 24.8 Å². The predicted octanol–water partition coefficient (Wildman–Crippen LogP) is 5.83. The van der Waals surface area contributed by atoms with Gasteiger partial charge in [0.1, 0.15) is 18.2 Å². The third kappa shape index (κ3) is 5.72. The number of nitrogens with one attached hydrogen (secondary N) is 1. The van der Waals surface area contributed by atoms with Crippen LogP contribution >= 0.6 is 35.3 Å². The van der Waals surface area contributed by atoms with Gasteiger partial charge in [-0.15, -0.1) is 23.7 Å². The molecule has 0 bridgehead atoms. The lowest BCUT2D eigenvalue weighted by molar-refractivity contribution is 0.296. The Kier molecular flexibility index (Phi) is 7.72. The quantitative estimate of drug-likeness (QED) is 0.541. The lowest BCUT2D eigenvalue weighted by Crippen LogP contribution is -2.13. The largest absolute Gasteiger partial charge is 0.488 e. The molecule has 2 aromatic carbocycles. The Bertz CT molecular complexity index is 796. The van der Waals surface area contributed by atoms with Crippen molar-refractivity contribution >= 4 is 35.3 Å². The molecule has 0 fully saturated rings. The fraction of sp³-hybridized carbons (Fsp3) is 0.158. The summed E-state index contributed by atoms with van der Waals surface area (Å²) in [5.41, 5.74) is 1.49. The van der Waals surface area contributed by atoms with Gasteiger partial charge < -0.3 is 10.1 Å². The van der Waals surface area contributed by atoms with Gasteiger partial charge in [0.2, 0.25) is 0 Å². The van der Waals surface area contributed by atoms with Gasteiger partial charge in [-0.1, -0.05) is 35.9 Å². The first-order valence-electron chi connectivity index (χ1n) is 7.60. The summed E-state index contributed by atoms with van der Waals surface area (Å²) >= 11 is 7.81. The van der Waals surface area contributed by atoms with E-state index in [0.29, 0.717) is 22.9 Å². The third-order valence-electron chi connectivity index (χ3n) is 3.56. The Balaban J connectivity index is 0.00000225. The molecule has 132 valence electrons. The second kappa shape index (κ2) is 9.78. The minimum atomic E-state index is -0.260. The first-order chi connectivity index (χ1) is 11.7. The summed E-state index contributed by atoms with van der Waals surface area (Å²) in [7, 11) is 0. The van der Waals surface area contributed by atoms with Crippen molar-refractivity contribution in [3.05, 3.63) is 86.8 Å². The van der Waals surface area contributed by atoms with Crippen LogP contribution in [0.25, 0.3) is 0 Å². The van der Waals surface area contributed by atoms with Crippen LogP contribution in [0, 0.1) is 5.82 Å². The summed E-state index contributed by atoms with van der Waals surface area (Å²) in [5, 5.41) is 6.09. The number of ether oxygens (including phenoxy) is 1. The summed E-state index contributed by atoms with van der Waals surface area (Å²) in [4.78, 5) is 1.27. The zero-order valence-corrected chi connectivity index (χ0v) is 15.8. The number of rotatable bonds is 7. The Morgan fingerprint density at radius 2 is 1.84 bits per heavy atom. The van der Waals surface area contributed by atoms with E-state index in [2.05, 4.69) is 16.8 Å². The van der Waals surface area contributed by atoms with Crippen LogP contribution in [0.2, 0.25) is 5.02 Å². The van der Waals surface area contributed by atoms with Crippen LogP contribution in [0.4, 0.5) is 4.39 Å². The predicted molar refractivity (Wildman–Crippen MR) is 104 cm³/mol. The molecule has 0 saturated heterocycles. The summed E-state index contributed by atoms with van der Waals surface area (Å²) in [6.45, 7) is 1.61. The molecule has 3 aromatic rings. The number of benzene rings is 2. The number of hydrogen-bond acceptors (Lipinski definition) is 3. The number of thiophene rings is 1. The van der Waals surface area contributed by atoms with E-state index in [1.807, 2.05) is 18.2 Å². The van der Waals surface area contributed by atoms with Crippen molar-refractivity contribution in [2.75, 3.05) is 0 Å². The van der Waals surface area contributed by atoms with Crippen LogP contribution in [0.5, 0.6) is 5.75 Å². The Morgan fingerprint density at radius 3 is 2.60 bits per heavy atom. The molecule has 0 saturated carbocycles. The van der Waals surface area contributed by atoms with Crippen molar-refractivity contribution in [2.24, 2.45) is 0 Å². The number of hydrogen-bond donors (Lipinski definition) is 1. The van der Waals surface area contributed by atoms with E-state index in [1.54, 1.807) is 35.6 Å². The van der Waals surface area contributed by atoms with Crippen LogP contribution in [-0.2, 0) is 19.7 Å². The summed E-state index contributed by atoms with van der Waals surface area (Å²) in [5.74, 6) is 0.449. The molecule has 0 radical (unpaired) electrons. The molecule has 0 atom stereocenters. The van der Waals surface area contributed by atoms with Crippen LogP contribution in [-0.4, -0.2) is 0 Å². The lowest BCUT2D eigenvalue weighted by atomic mass is 10.2. The molecular formula is C19H18Cl2FNOS. The minimum Gasteiger partial charge on any atom is -0.488 e. The van der Waals surface area contributed by atoms with Gasteiger partial charge in [-0.2, -0.15) is 0 Å². The zero-order valence-electron chi connectivity index (χ0n) is 13.4. The maximum absolute atomic E-state index is 13.7. The molecule has 0 spiro atoms. The van der Waals surface area contributed by atoms with Crippen LogP contribution in [0.1, 0.15) is 16.0 Å². The number of halogens is 3. The van der Waals surface area contributed by atoms with Crippen molar-refractivity contribution in [1.82, 2.24) is 5.32 Å². The first kappa shape index (κ1) is 19.7. The van der Waals surface area contributed by atoms with E-state index < -0.39 is 0 Å². The molecule has 0 unspecified atom stereocenters. The Morgan fingerprint density at radius 1 is 1.00 bits per heavy atom. The fourth-order valence-electron chi connectivity index (χ4n) is 2.33. The highest BCUT2D eigenvalue weighted by atomic mass is 35.5. The normalized spacial score (nSPS) is 10.3. The van der Waals surface area contributed by atoms with Gasteiger partial charge in [0, 0.05) is 34.1 Å². The molecule has 1 heterocycles. The fourth-order valence-corrected chi connectivity index (χ4v) is 3.20. The average Bonchev–Trinajstić information content (AvgIpc) is 3.09. The van der Waals surface area contributed by atoms with Gasteiger partial charge in [0.25, 0.3) is 0 Å². The minimum absolute atomic E-state index is 0. The van der Waals surface area contributed by atoms with E-state index in [1.165, 1.54) is 10.9 Å². The van der Waals surface area contributed by atoms with Crippen molar-refractivity contribution in [2.45, 2.75) is 19.7 Å². The van der Waals surface area contributed by atoms with Gasteiger partial charge in [0.05, 0.1) is 0 Å². The maximum Gasteiger partial charge on any atom is 0.129 e. The molecule has 25 heavy (non-hydrogen) atoms. The summed E-state index contributed by atoms with van der Waals surface area (Å²) < 4.78 is 19.5. The van der Waals surface area contributed by atoms with Gasteiger partial charge in [0.15, 0.2) is 0 Å². The lowest BCUT2D eigenvalue weighted by Gasteiger charge is -2.13. The highest BCUT2D eigenvalue weighted by molar-refractivity contribution is 7.09. The van der Waals surface area contributed by atoms with Gasteiger partial charge in [-0.05, 0) is 35.7 Å². The molecule has 1 aromatic heterocycles. The van der Waals surface area contributed by atoms with E-state index in [9.17, 15) is 4.39 Å². The molecule has 6 heteroatoms. The molecular weight excluding hydrogens is 380 g/mol. The highest BCUT2D eigenvalue weighted by Gasteiger charge is 2.07. The Labute approximate surface area is 162 Å². The molecule has 1 N–H and O–H groups in total. The smallest absolute Gasteiger partial charge is 0.129 e. The maximum atomic E-state index is 13.7. The molecule has 0 aliphatic rings. The van der Waals surface area contributed by atoms with Crippen LogP contribution in [0.3, 0.4) is 0 Å². The van der Waals surface area contributed by atoms with Gasteiger partial charge in [-0.3, -0.25) is 0 Å². The van der Waals surface area contributed by atoms with Crippen LogP contribution < -0.4 is 10.1 Å². The van der Waals surface area contributed by atoms with Crippen molar-refractivity contribution in [3.63, 3.8) is 0 Å². The standard InChI is InChI=1S/C19H17ClFNOS.ClH/c20-16-7-8-19(23-13-14-4-1-2-6-18(14)21)15(10-16)11-22-12-17-5-3-9-24-17;/h1-10,22H,11-13H2;1H. The van der Waals surface area contributed by atoms with E-state index in [0.717, 1.165) is 12.1 Å². The monoisotopic (exact) mass is 397 g/mol. The van der Waals surface area contributed by atoms with E-state index in [4.69, 9.17) is 16.3 Å². The molecule has 0 aliphatic carbocycles. The average molecular weight is 398 g/mol. The van der Waals surface area contributed by atoms with Crippen molar-refractivity contribution < 1.29 is 9.13 Å². The molecule has 3 rings (SSSR count). The van der Waals surface area contributed by atoms with Crippen molar-refractivity contribution in [1.29, 1.82) is 0 Å². The topological polar surface area (TPSA) is 21.3 Å². The molecule has 0 aliphatic heterocycles. The van der Waals surface area contributed by atoms with Crippen molar-refractivity contribution in [3.8, 4) is 5.75 Å². The molecule has 2 nitrogen and oxygen atoms in total. The molecule has 0 amide bonds. The van der Waals surface area contributed by atoms with Gasteiger partial charge in [-0.25, -0.2) is 4.39 Å². The zero-order chi connectivity index (χ0) is 16.8. The van der Waals surface area contributed by atoms with Crippen LogP contribution in [0.15, 0.2) is 60.0 Å². The third-order valence-corrected chi connectivity index (χ3v) is 4.67. The van der Waals surface area contributed by atoms with Gasteiger partial charge >= 0.3 is 0 Å². The SMILES string of the molecule is Cl.Fc1ccccc1COc1ccc(Cl)cc1CNCc1cccs1. The summed E-state index contributed by atoms with van der Waals surface area (Å²) in [6, 6.07) is 16.2. The second-order valence-corrected chi connectivity index (χ2v) is 6.78.